The van der Waals surface area contributed by atoms with Gasteiger partial charge in [-0.1, -0.05) is 24.3 Å². The van der Waals surface area contributed by atoms with E-state index in [4.69, 9.17) is 5.73 Å². The quantitative estimate of drug-likeness (QED) is 0.376. The molecule has 6 nitrogen and oxygen atoms in total. The van der Waals surface area contributed by atoms with E-state index in [1.165, 1.54) is 35.9 Å². The molecule has 0 radical (unpaired) electrons. The standard InChI is InChI=1S/C19H24N4O2S.HI/c1-23(2)26(24,25)18-9-4-3-6-16(18)13-21-19(20)22-17-11-10-14-7-5-8-15(14)12-17;/h3-4,6,9-12H,5,7-8,13H2,1-2H3,(H3,20,21,22);1H. The number of halogens is 1. The Morgan fingerprint density at radius 2 is 1.85 bits per heavy atom. The molecule has 2 aromatic carbocycles. The molecule has 0 aromatic heterocycles. The van der Waals surface area contributed by atoms with Crippen molar-refractivity contribution >= 4 is 45.6 Å². The van der Waals surface area contributed by atoms with Gasteiger partial charge >= 0.3 is 0 Å². The molecule has 3 rings (SSSR count). The number of guanidine groups is 1. The van der Waals surface area contributed by atoms with Gasteiger partial charge in [-0.25, -0.2) is 17.7 Å². The largest absolute Gasteiger partial charge is 0.370 e. The number of aliphatic imine (C=N–C) groups is 1. The van der Waals surface area contributed by atoms with Crippen molar-refractivity contribution in [3.63, 3.8) is 0 Å². The zero-order valence-electron chi connectivity index (χ0n) is 15.5. The van der Waals surface area contributed by atoms with Crippen molar-refractivity contribution in [2.45, 2.75) is 30.7 Å². The molecule has 0 heterocycles. The molecule has 0 bridgehead atoms. The van der Waals surface area contributed by atoms with Gasteiger partial charge in [-0.3, -0.25) is 0 Å². The van der Waals surface area contributed by atoms with Crippen molar-refractivity contribution in [2.24, 2.45) is 10.7 Å². The van der Waals surface area contributed by atoms with Crippen LogP contribution in [0, 0.1) is 0 Å². The highest BCUT2D eigenvalue weighted by atomic mass is 127. The molecular weight excluding hydrogens is 475 g/mol. The first-order chi connectivity index (χ1) is 12.4. The van der Waals surface area contributed by atoms with E-state index in [0.717, 1.165) is 18.5 Å². The number of hydrogen-bond donors (Lipinski definition) is 2. The normalized spacial score (nSPS) is 14.0. The zero-order chi connectivity index (χ0) is 18.7. The van der Waals surface area contributed by atoms with E-state index in [1.807, 2.05) is 6.07 Å². The van der Waals surface area contributed by atoms with E-state index >= 15 is 0 Å². The Hall–Kier alpha value is -1.65. The van der Waals surface area contributed by atoms with E-state index in [2.05, 4.69) is 22.4 Å². The van der Waals surface area contributed by atoms with Crippen LogP contribution in [0.1, 0.15) is 23.1 Å². The minimum atomic E-state index is -3.52. The summed E-state index contributed by atoms with van der Waals surface area (Å²) in [5.41, 5.74) is 10.3. The summed E-state index contributed by atoms with van der Waals surface area (Å²) >= 11 is 0. The van der Waals surface area contributed by atoms with Crippen molar-refractivity contribution in [1.29, 1.82) is 0 Å². The number of anilines is 1. The number of nitrogens with one attached hydrogen (secondary N) is 1. The number of hydrogen-bond acceptors (Lipinski definition) is 3. The van der Waals surface area contributed by atoms with E-state index in [0.29, 0.717) is 5.56 Å². The average Bonchev–Trinajstić information content (AvgIpc) is 3.07. The number of fused-ring (bicyclic) bond motifs is 1. The monoisotopic (exact) mass is 500 g/mol. The van der Waals surface area contributed by atoms with Gasteiger partial charge in [0.15, 0.2) is 5.96 Å². The molecule has 0 unspecified atom stereocenters. The summed E-state index contributed by atoms with van der Waals surface area (Å²) in [5, 5.41) is 3.09. The molecule has 1 aliphatic rings. The van der Waals surface area contributed by atoms with Crippen LogP contribution in [0.2, 0.25) is 0 Å². The number of nitrogens with two attached hydrogens (primary N) is 1. The van der Waals surface area contributed by atoms with Crippen LogP contribution in [0.3, 0.4) is 0 Å². The third-order valence-electron chi connectivity index (χ3n) is 4.52. The Balaban J connectivity index is 0.00000261. The third kappa shape index (κ3) is 4.99. The fourth-order valence-corrected chi connectivity index (χ4v) is 4.20. The molecule has 3 N–H and O–H groups in total. The maximum atomic E-state index is 12.4. The molecule has 8 heteroatoms. The van der Waals surface area contributed by atoms with Gasteiger partial charge in [-0.2, -0.15) is 0 Å². The number of sulfonamides is 1. The van der Waals surface area contributed by atoms with Crippen LogP contribution in [-0.2, 0) is 29.4 Å². The Kier molecular flexibility index (Phi) is 7.24. The summed E-state index contributed by atoms with van der Waals surface area (Å²) in [5.74, 6) is 0.264. The summed E-state index contributed by atoms with van der Waals surface area (Å²) in [7, 11) is -0.492. The van der Waals surface area contributed by atoms with Crippen molar-refractivity contribution in [2.75, 3.05) is 19.4 Å². The first-order valence-electron chi connectivity index (χ1n) is 8.57. The zero-order valence-corrected chi connectivity index (χ0v) is 18.6. The molecule has 0 atom stereocenters. The predicted octanol–water partition coefficient (Wildman–Crippen LogP) is 2.97. The van der Waals surface area contributed by atoms with E-state index in [1.54, 1.807) is 24.3 Å². The SMILES string of the molecule is CN(C)S(=O)(=O)c1ccccc1CN=C(N)Nc1ccc2c(c1)CCC2.I. The van der Waals surface area contributed by atoms with E-state index in [-0.39, 0.29) is 41.4 Å². The molecule has 1 aliphatic carbocycles. The van der Waals surface area contributed by atoms with Gasteiger partial charge in [0.05, 0.1) is 11.4 Å². The Labute approximate surface area is 177 Å². The summed E-state index contributed by atoms with van der Waals surface area (Å²) in [6.45, 7) is 0.188. The number of benzene rings is 2. The van der Waals surface area contributed by atoms with Gasteiger partial charge in [0.2, 0.25) is 10.0 Å². The second-order valence-corrected chi connectivity index (χ2v) is 8.68. The van der Waals surface area contributed by atoms with Crippen LogP contribution in [0.25, 0.3) is 0 Å². The first-order valence-corrected chi connectivity index (χ1v) is 10.0. The topological polar surface area (TPSA) is 87.8 Å². The lowest BCUT2D eigenvalue weighted by atomic mass is 10.1. The smallest absolute Gasteiger partial charge is 0.242 e. The highest BCUT2D eigenvalue weighted by molar-refractivity contribution is 14.0. The summed E-state index contributed by atoms with van der Waals surface area (Å²) in [4.78, 5) is 4.57. The van der Waals surface area contributed by atoms with Gasteiger partial charge in [-0.15, -0.1) is 24.0 Å². The van der Waals surface area contributed by atoms with Crippen LogP contribution in [0.4, 0.5) is 5.69 Å². The minimum absolute atomic E-state index is 0. The Morgan fingerprint density at radius 1 is 1.15 bits per heavy atom. The lowest BCUT2D eigenvalue weighted by Crippen LogP contribution is -2.24. The second kappa shape index (κ2) is 9.03. The van der Waals surface area contributed by atoms with Gasteiger partial charge in [-0.05, 0) is 54.2 Å². The molecule has 146 valence electrons. The fraction of sp³-hybridized carbons (Fsp3) is 0.316. The van der Waals surface area contributed by atoms with E-state index in [9.17, 15) is 8.42 Å². The molecule has 2 aromatic rings. The van der Waals surface area contributed by atoms with Crippen LogP contribution in [0.5, 0.6) is 0 Å². The molecule has 0 spiro atoms. The molecule has 0 amide bonds. The molecule has 0 saturated carbocycles. The second-order valence-electron chi connectivity index (χ2n) is 6.56. The van der Waals surface area contributed by atoms with Crippen LogP contribution in [-0.4, -0.2) is 32.8 Å². The molecule has 27 heavy (non-hydrogen) atoms. The molecule has 0 fully saturated rings. The highest BCUT2D eigenvalue weighted by Crippen LogP contribution is 2.25. The van der Waals surface area contributed by atoms with Crippen molar-refractivity contribution < 1.29 is 8.42 Å². The predicted molar refractivity (Wildman–Crippen MR) is 120 cm³/mol. The van der Waals surface area contributed by atoms with E-state index < -0.39 is 10.0 Å². The lowest BCUT2D eigenvalue weighted by Gasteiger charge is -2.14. The van der Waals surface area contributed by atoms with Crippen LogP contribution < -0.4 is 11.1 Å². The average molecular weight is 500 g/mol. The Morgan fingerprint density at radius 3 is 2.59 bits per heavy atom. The first kappa shape index (κ1) is 21.6. The number of aryl methyl sites for hydroxylation is 2. The van der Waals surface area contributed by atoms with Gasteiger partial charge < -0.3 is 11.1 Å². The van der Waals surface area contributed by atoms with Gasteiger partial charge in [0.1, 0.15) is 0 Å². The van der Waals surface area contributed by atoms with Crippen LogP contribution >= 0.6 is 24.0 Å². The van der Waals surface area contributed by atoms with Crippen molar-refractivity contribution in [3.8, 4) is 0 Å². The number of nitrogens with zero attached hydrogens (tertiary/aromatic N) is 2. The summed E-state index contributed by atoms with van der Waals surface area (Å²) in [6, 6.07) is 13.1. The molecule has 0 saturated heterocycles. The molecular formula is C19H25IN4O2S. The summed E-state index contributed by atoms with van der Waals surface area (Å²) in [6.07, 6.45) is 3.42. The number of rotatable bonds is 5. The van der Waals surface area contributed by atoms with Crippen LogP contribution in [0.15, 0.2) is 52.4 Å². The highest BCUT2D eigenvalue weighted by Gasteiger charge is 2.20. The maximum Gasteiger partial charge on any atom is 0.242 e. The van der Waals surface area contributed by atoms with Gasteiger partial charge in [0.25, 0.3) is 0 Å². The maximum absolute atomic E-state index is 12.4. The van der Waals surface area contributed by atoms with Gasteiger partial charge in [0, 0.05) is 19.8 Å². The van der Waals surface area contributed by atoms with Crippen molar-refractivity contribution in [3.05, 3.63) is 59.2 Å². The fourth-order valence-electron chi connectivity index (χ4n) is 3.09. The third-order valence-corrected chi connectivity index (χ3v) is 6.44. The lowest BCUT2D eigenvalue weighted by molar-refractivity contribution is 0.519. The minimum Gasteiger partial charge on any atom is -0.370 e. The van der Waals surface area contributed by atoms with Crippen molar-refractivity contribution in [1.82, 2.24) is 4.31 Å². The summed E-state index contributed by atoms with van der Waals surface area (Å²) < 4.78 is 26.1. The Bertz CT molecular complexity index is 942. The molecule has 0 aliphatic heterocycles.